The number of aromatic nitrogens is 1. The van der Waals surface area contributed by atoms with Gasteiger partial charge in [-0.15, -0.1) is 0 Å². The quantitative estimate of drug-likeness (QED) is 0.503. The van der Waals surface area contributed by atoms with Crippen LogP contribution >= 0.6 is 0 Å². The molecule has 1 aromatic heterocycles. The maximum atomic E-state index is 5.70. The van der Waals surface area contributed by atoms with E-state index in [2.05, 4.69) is 23.2 Å². The molecule has 100 valence electrons. The summed E-state index contributed by atoms with van der Waals surface area (Å²) in [7, 11) is 0. The molecule has 0 saturated carbocycles. The van der Waals surface area contributed by atoms with Gasteiger partial charge in [0.2, 0.25) is 5.89 Å². The minimum atomic E-state index is 0.658. The van der Waals surface area contributed by atoms with E-state index in [1.54, 1.807) is 6.26 Å². The van der Waals surface area contributed by atoms with Gasteiger partial charge in [0.25, 0.3) is 0 Å². The molecule has 0 aliphatic heterocycles. The van der Waals surface area contributed by atoms with Crippen LogP contribution in [-0.2, 0) is 0 Å². The predicted molar refractivity (Wildman–Crippen MR) is 84.9 cm³/mol. The van der Waals surface area contributed by atoms with Crippen LogP contribution in [0.25, 0.3) is 33.5 Å². The fourth-order valence-corrected chi connectivity index (χ4v) is 2.55. The highest BCUT2D eigenvalue weighted by molar-refractivity contribution is 5.94. The SMILES string of the molecule is c1ccc(-c2coc(-c3cccc4ccccc34)n2)cc1. The largest absolute Gasteiger partial charge is 0.444 e. The summed E-state index contributed by atoms with van der Waals surface area (Å²) in [6, 6.07) is 24.5. The number of nitrogens with zero attached hydrogens (tertiary/aromatic N) is 1. The number of hydrogen-bond acceptors (Lipinski definition) is 2. The molecule has 0 bridgehead atoms. The fourth-order valence-electron chi connectivity index (χ4n) is 2.55. The van der Waals surface area contributed by atoms with Crippen LogP contribution in [0, 0.1) is 0 Å². The van der Waals surface area contributed by atoms with Crippen molar-refractivity contribution >= 4 is 10.8 Å². The van der Waals surface area contributed by atoms with Gasteiger partial charge in [-0.2, -0.15) is 0 Å². The minimum absolute atomic E-state index is 0.658. The zero-order valence-electron chi connectivity index (χ0n) is 11.4. The zero-order valence-corrected chi connectivity index (χ0v) is 11.4. The number of benzene rings is 3. The van der Waals surface area contributed by atoms with E-state index in [1.165, 1.54) is 5.39 Å². The predicted octanol–water partition coefficient (Wildman–Crippen LogP) is 5.16. The average molecular weight is 271 g/mol. The first-order valence-electron chi connectivity index (χ1n) is 6.91. The van der Waals surface area contributed by atoms with Gasteiger partial charge in [-0.05, 0) is 16.8 Å². The molecule has 0 aliphatic rings. The van der Waals surface area contributed by atoms with Crippen LogP contribution in [0.1, 0.15) is 0 Å². The first kappa shape index (κ1) is 11.9. The van der Waals surface area contributed by atoms with Crippen LogP contribution in [-0.4, -0.2) is 4.98 Å². The van der Waals surface area contributed by atoms with Crippen molar-refractivity contribution in [2.45, 2.75) is 0 Å². The van der Waals surface area contributed by atoms with Gasteiger partial charge in [-0.3, -0.25) is 0 Å². The van der Waals surface area contributed by atoms with E-state index >= 15 is 0 Å². The second-order valence-corrected chi connectivity index (χ2v) is 4.93. The molecule has 0 saturated heterocycles. The van der Waals surface area contributed by atoms with E-state index in [9.17, 15) is 0 Å². The number of oxazole rings is 1. The highest BCUT2D eigenvalue weighted by atomic mass is 16.3. The van der Waals surface area contributed by atoms with E-state index in [4.69, 9.17) is 4.42 Å². The van der Waals surface area contributed by atoms with Gasteiger partial charge >= 0.3 is 0 Å². The van der Waals surface area contributed by atoms with Crippen molar-refractivity contribution < 1.29 is 4.42 Å². The first-order chi connectivity index (χ1) is 10.4. The maximum Gasteiger partial charge on any atom is 0.227 e. The van der Waals surface area contributed by atoms with E-state index < -0.39 is 0 Å². The molecular weight excluding hydrogens is 258 g/mol. The van der Waals surface area contributed by atoms with Crippen LogP contribution in [0.2, 0.25) is 0 Å². The lowest BCUT2D eigenvalue weighted by Crippen LogP contribution is -1.82. The highest BCUT2D eigenvalue weighted by Crippen LogP contribution is 2.30. The standard InChI is InChI=1S/C19H13NO/c1-2-8-15(9-3-1)18-13-21-19(20-18)17-12-6-10-14-7-4-5-11-16(14)17/h1-13H. The van der Waals surface area contributed by atoms with Gasteiger partial charge < -0.3 is 4.42 Å². The Kier molecular flexibility index (Phi) is 2.79. The van der Waals surface area contributed by atoms with Gasteiger partial charge in [0.05, 0.1) is 0 Å². The molecule has 2 heteroatoms. The number of hydrogen-bond donors (Lipinski definition) is 0. The van der Waals surface area contributed by atoms with Crippen LogP contribution in [0.3, 0.4) is 0 Å². The Hall–Kier alpha value is -2.87. The number of fused-ring (bicyclic) bond motifs is 1. The van der Waals surface area contributed by atoms with Crippen molar-refractivity contribution in [3.63, 3.8) is 0 Å². The molecule has 0 fully saturated rings. The second-order valence-electron chi connectivity index (χ2n) is 4.93. The molecular formula is C19H13NO. The van der Waals surface area contributed by atoms with E-state index in [0.29, 0.717) is 5.89 Å². The molecule has 21 heavy (non-hydrogen) atoms. The van der Waals surface area contributed by atoms with Crippen molar-refractivity contribution in [1.29, 1.82) is 0 Å². The fraction of sp³-hybridized carbons (Fsp3) is 0. The van der Waals surface area contributed by atoms with Crippen LogP contribution in [0.15, 0.2) is 83.5 Å². The monoisotopic (exact) mass is 271 g/mol. The minimum Gasteiger partial charge on any atom is -0.444 e. The van der Waals surface area contributed by atoms with E-state index in [-0.39, 0.29) is 0 Å². The lowest BCUT2D eigenvalue weighted by Gasteiger charge is -2.02. The first-order valence-corrected chi connectivity index (χ1v) is 6.91. The Balaban J connectivity index is 1.85. The summed E-state index contributed by atoms with van der Waals surface area (Å²) in [6.07, 6.45) is 1.71. The summed E-state index contributed by atoms with van der Waals surface area (Å²) in [5.41, 5.74) is 2.95. The number of rotatable bonds is 2. The molecule has 0 N–H and O–H groups in total. The summed E-state index contributed by atoms with van der Waals surface area (Å²) in [5.74, 6) is 0.658. The lowest BCUT2D eigenvalue weighted by atomic mass is 10.0. The van der Waals surface area contributed by atoms with Gasteiger partial charge in [0.1, 0.15) is 12.0 Å². The third-order valence-electron chi connectivity index (χ3n) is 3.59. The third-order valence-corrected chi connectivity index (χ3v) is 3.59. The van der Waals surface area contributed by atoms with Crippen molar-refractivity contribution in [1.82, 2.24) is 4.98 Å². The molecule has 0 aliphatic carbocycles. The third kappa shape index (κ3) is 2.11. The van der Waals surface area contributed by atoms with Crippen molar-refractivity contribution in [3.05, 3.63) is 79.1 Å². The molecule has 0 unspecified atom stereocenters. The Labute approximate surface area is 122 Å². The Bertz CT molecular complexity index is 888. The molecule has 0 spiro atoms. The Morgan fingerprint density at radius 3 is 2.38 bits per heavy atom. The molecule has 4 rings (SSSR count). The summed E-state index contributed by atoms with van der Waals surface area (Å²) in [5, 5.41) is 2.34. The maximum absolute atomic E-state index is 5.70. The smallest absolute Gasteiger partial charge is 0.227 e. The summed E-state index contributed by atoms with van der Waals surface area (Å²) < 4.78 is 5.70. The van der Waals surface area contributed by atoms with Gasteiger partial charge in [0, 0.05) is 11.1 Å². The molecule has 1 heterocycles. The van der Waals surface area contributed by atoms with Crippen LogP contribution in [0.5, 0.6) is 0 Å². The molecule has 4 aromatic rings. The normalized spacial score (nSPS) is 10.9. The Morgan fingerprint density at radius 1 is 0.714 bits per heavy atom. The van der Waals surface area contributed by atoms with Gasteiger partial charge in [0.15, 0.2) is 0 Å². The van der Waals surface area contributed by atoms with Crippen molar-refractivity contribution in [3.8, 4) is 22.7 Å². The molecule has 0 radical (unpaired) electrons. The highest BCUT2D eigenvalue weighted by Gasteiger charge is 2.10. The van der Waals surface area contributed by atoms with Crippen molar-refractivity contribution in [2.24, 2.45) is 0 Å². The van der Waals surface area contributed by atoms with E-state index in [1.807, 2.05) is 54.6 Å². The Morgan fingerprint density at radius 2 is 1.48 bits per heavy atom. The summed E-state index contributed by atoms with van der Waals surface area (Å²) in [6.45, 7) is 0. The second kappa shape index (κ2) is 4.91. The molecule has 3 aromatic carbocycles. The average Bonchev–Trinajstić information content (AvgIpc) is 3.05. The van der Waals surface area contributed by atoms with Crippen molar-refractivity contribution in [2.75, 3.05) is 0 Å². The van der Waals surface area contributed by atoms with Crippen LogP contribution < -0.4 is 0 Å². The topological polar surface area (TPSA) is 26.0 Å². The van der Waals surface area contributed by atoms with E-state index in [0.717, 1.165) is 22.2 Å². The van der Waals surface area contributed by atoms with Crippen LogP contribution in [0.4, 0.5) is 0 Å². The molecule has 0 amide bonds. The lowest BCUT2D eigenvalue weighted by molar-refractivity contribution is 0.575. The molecule has 2 nitrogen and oxygen atoms in total. The van der Waals surface area contributed by atoms with Gasteiger partial charge in [-0.25, -0.2) is 4.98 Å². The van der Waals surface area contributed by atoms with Gasteiger partial charge in [-0.1, -0.05) is 66.7 Å². The zero-order chi connectivity index (χ0) is 14.1. The summed E-state index contributed by atoms with van der Waals surface area (Å²) >= 11 is 0. The molecule has 0 atom stereocenters. The summed E-state index contributed by atoms with van der Waals surface area (Å²) in [4.78, 5) is 4.63.